The Balaban J connectivity index is 1.43. The smallest absolute Gasteiger partial charge is 0.227 e. The highest BCUT2D eigenvalue weighted by molar-refractivity contribution is 6.30. The van der Waals surface area contributed by atoms with Crippen molar-refractivity contribution in [2.45, 2.75) is 32.2 Å². The van der Waals surface area contributed by atoms with Crippen molar-refractivity contribution in [2.75, 3.05) is 4.90 Å². The van der Waals surface area contributed by atoms with E-state index in [2.05, 4.69) is 23.1 Å². The summed E-state index contributed by atoms with van der Waals surface area (Å²) in [5.74, 6) is 1.04. The van der Waals surface area contributed by atoms with Crippen LogP contribution in [0, 0.1) is 0 Å². The molecule has 0 saturated heterocycles. The lowest BCUT2D eigenvalue weighted by atomic mass is 10.1. The fourth-order valence-electron chi connectivity index (χ4n) is 3.35. The van der Waals surface area contributed by atoms with E-state index in [4.69, 9.17) is 16.1 Å². The van der Waals surface area contributed by atoms with Crippen LogP contribution < -0.4 is 4.90 Å². The summed E-state index contributed by atoms with van der Waals surface area (Å²) in [6.07, 6.45) is 1.65. The maximum atomic E-state index is 12.7. The summed E-state index contributed by atoms with van der Waals surface area (Å²) in [4.78, 5) is 19.0. The van der Waals surface area contributed by atoms with Crippen LogP contribution in [-0.4, -0.2) is 22.1 Å². The van der Waals surface area contributed by atoms with Gasteiger partial charge in [0.05, 0.1) is 0 Å². The van der Waals surface area contributed by atoms with Gasteiger partial charge in [-0.05, 0) is 49.2 Å². The molecule has 0 aliphatic carbocycles. The molecule has 0 saturated carbocycles. The molecule has 0 N–H and O–H groups in total. The van der Waals surface area contributed by atoms with Crippen LogP contribution in [0.1, 0.15) is 24.8 Å². The average molecular weight is 368 g/mol. The zero-order valence-corrected chi connectivity index (χ0v) is 15.1. The molecule has 1 amide bonds. The molecular weight excluding hydrogens is 350 g/mol. The van der Waals surface area contributed by atoms with Crippen molar-refractivity contribution < 1.29 is 9.32 Å². The Labute approximate surface area is 156 Å². The lowest BCUT2D eigenvalue weighted by Crippen LogP contribution is -2.35. The van der Waals surface area contributed by atoms with Crippen LogP contribution in [0.2, 0.25) is 5.02 Å². The summed E-state index contributed by atoms with van der Waals surface area (Å²) in [6.45, 7) is 2.07. The monoisotopic (exact) mass is 367 g/mol. The number of hydrogen-bond donors (Lipinski definition) is 0. The highest BCUT2D eigenvalue weighted by Crippen LogP contribution is 2.32. The average Bonchev–Trinajstić information content (AvgIpc) is 3.24. The van der Waals surface area contributed by atoms with Crippen LogP contribution >= 0.6 is 11.6 Å². The number of nitrogens with zero attached hydrogens (tertiary/aromatic N) is 3. The number of anilines is 1. The van der Waals surface area contributed by atoms with Gasteiger partial charge in [0, 0.05) is 35.2 Å². The van der Waals surface area contributed by atoms with E-state index >= 15 is 0 Å². The zero-order chi connectivity index (χ0) is 18.1. The van der Waals surface area contributed by atoms with E-state index in [1.807, 2.05) is 35.2 Å². The van der Waals surface area contributed by atoms with E-state index in [0.29, 0.717) is 29.6 Å². The van der Waals surface area contributed by atoms with E-state index in [1.165, 1.54) is 5.56 Å². The SMILES string of the molecule is CC1Cc2ccccc2N1C(=O)CCc1nc(-c2ccc(Cl)cc2)no1. The Hall–Kier alpha value is -2.66. The van der Waals surface area contributed by atoms with Gasteiger partial charge in [-0.15, -0.1) is 0 Å². The predicted molar refractivity (Wildman–Crippen MR) is 100 cm³/mol. The summed E-state index contributed by atoms with van der Waals surface area (Å²) in [6, 6.07) is 15.5. The molecule has 3 aromatic rings. The van der Waals surface area contributed by atoms with Gasteiger partial charge in [0.1, 0.15) is 0 Å². The fourth-order valence-corrected chi connectivity index (χ4v) is 3.48. The minimum Gasteiger partial charge on any atom is -0.339 e. The summed E-state index contributed by atoms with van der Waals surface area (Å²) in [7, 11) is 0. The summed E-state index contributed by atoms with van der Waals surface area (Å²) in [5, 5.41) is 4.64. The van der Waals surface area contributed by atoms with Crippen molar-refractivity contribution in [3.05, 3.63) is 65.0 Å². The van der Waals surface area contributed by atoms with Gasteiger partial charge in [0.15, 0.2) is 0 Å². The third-order valence-electron chi connectivity index (χ3n) is 4.60. The van der Waals surface area contributed by atoms with Crippen LogP contribution in [0.3, 0.4) is 0 Å². The Bertz CT molecular complexity index is 936. The van der Waals surface area contributed by atoms with Gasteiger partial charge in [-0.1, -0.05) is 35.0 Å². The maximum absolute atomic E-state index is 12.7. The number of fused-ring (bicyclic) bond motifs is 1. The van der Waals surface area contributed by atoms with Gasteiger partial charge < -0.3 is 9.42 Å². The normalized spacial score (nSPS) is 15.9. The topological polar surface area (TPSA) is 59.2 Å². The first-order valence-electron chi connectivity index (χ1n) is 8.60. The quantitative estimate of drug-likeness (QED) is 0.689. The first-order valence-corrected chi connectivity index (χ1v) is 8.98. The molecule has 26 heavy (non-hydrogen) atoms. The van der Waals surface area contributed by atoms with Crippen molar-refractivity contribution in [1.29, 1.82) is 0 Å². The second-order valence-corrected chi connectivity index (χ2v) is 6.90. The van der Waals surface area contributed by atoms with Gasteiger partial charge in [-0.3, -0.25) is 4.79 Å². The summed E-state index contributed by atoms with van der Waals surface area (Å²) < 4.78 is 5.29. The number of aromatic nitrogens is 2. The first-order chi connectivity index (χ1) is 12.6. The summed E-state index contributed by atoms with van der Waals surface area (Å²) >= 11 is 5.89. The van der Waals surface area contributed by atoms with E-state index in [-0.39, 0.29) is 11.9 Å². The highest BCUT2D eigenvalue weighted by atomic mass is 35.5. The number of amides is 1. The Morgan fingerprint density at radius 3 is 2.81 bits per heavy atom. The molecule has 1 aliphatic heterocycles. The number of para-hydroxylation sites is 1. The molecule has 1 atom stereocenters. The van der Waals surface area contributed by atoms with Crippen LogP contribution in [0.25, 0.3) is 11.4 Å². The molecule has 0 spiro atoms. The number of aryl methyl sites for hydroxylation is 1. The molecule has 0 bridgehead atoms. The van der Waals surface area contributed by atoms with Crippen molar-refractivity contribution in [2.24, 2.45) is 0 Å². The molecule has 2 heterocycles. The van der Waals surface area contributed by atoms with Crippen molar-refractivity contribution in [3.63, 3.8) is 0 Å². The molecule has 132 valence electrons. The number of carbonyl (C=O) groups excluding carboxylic acids is 1. The van der Waals surface area contributed by atoms with E-state index in [9.17, 15) is 4.79 Å². The molecular formula is C20H18ClN3O2. The predicted octanol–water partition coefficient (Wildman–Crippen LogP) is 4.30. The highest BCUT2D eigenvalue weighted by Gasteiger charge is 2.30. The standard InChI is InChI=1S/C20H18ClN3O2/c1-13-12-15-4-2-3-5-17(15)24(13)19(25)11-10-18-22-20(23-26-18)14-6-8-16(21)9-7-14/h2-9,13H,10-12H2,1H3. The number of carbonyl (C=O) groups is 1. The van der Waals surface area contributed by atoms with Crippen LogP contribution in [-0.2, 0) is 17.6 Å². The molecule has 0 fully saturated rings. The van der Waals surface area contributed by atoms with Crippen LogP contribution in [0.5, 0.6) is 0 Å². The molecule has 0 radical (unpaired) electrons. The van der Waals surface area contributed by atoms with Gasteiger partial charge in [0.25, 0.3) is 0 Å². The molecule has 4 rings (SSSR count). The van der Waals surface area contributed by atoms with Gasteiger partial charge in [-0.2, -0.15) is 4.98 Å². The molecule has 1 unspecified atom stereocenters. The largest absolute Gasteiger partial charge is 0.339 e. The zero-order valence-electron chi connectivity index (χ0n) is 14.4. The van der Waals surface area contributed by atoms with Crippen molar-refractivity contribution in [3.8, 4) is 11.4 Å². The van der Waals surface area contributed by atoms with Crippen molar-refractivity contribution in [1.82, 2.24) is 10.1 Å². The number of hydrogen-bond acceptors (Lipinski definition) is 4. The summed E-state index contributed by atoms with van der Waals surface area (Å²) in [5.41, 5.74) is 3.06. The number of rotatable bonds is 4. The van der Waals surface area contributed by atoms with Crippen LogP contribution in [0.15, 0.2) is 53.1 Å². The number of benzene rings is 2. The third-order valence-corrected chi connectivity index (χ3v) is 4.85. The van der Waals surface area contributed by atoms with E-state index in [1.54, 1.807) is 12.1 Å². The Morgan fingerprint density at radius 2 is 2.00 bits per heavy atom. The van der Waals surface area contributed by atoms with Crippen molar-refractivity contribution >= 4 is 23.2 Å². The van der Waals surface area contributed by atoms with Crippen LogP contribution in [0.4, 0.5) is 5.69 Å². The Morgan fingerprint density at radius 1 is 1.23 bits per heavy atom. The van der Waals surface area contributed by atoms with E-state index < -0.39 is 0 Å². The second kappa shape index (κ2) is 6.92. The Kier molecular flexibility index (Phi) is 4.47. The van der Waals surface area contributed by atoms with Gasteiger partial charge in [0.2, 0.25) is 17.6 Å². The van der Waals surface area contributed by atoms with Gasteiger partial charge >= 0.3 is 0 Å². The fraction of sp³-hybridized carbons (Fsp3) is 0.250. The first kappa shape index (κ1) is 16.8. The third kappa shape index (κ3) is 3.22. The molecule has 6 heteroatoms. The molecule has 5 nitrogen and oxygen atoms in total. The minimum absolute atomic E-state index is 0.0775. The van der Waals surface area contributed by atoms with E-state index in [0.717, 1.165) is 17.7 Å². The lowest BCUT2D eigenvalue weighted by Gasteiger charge is -2.22. The minimum atomic E-state index is 0.0775. The molecule has 1 aliphatic rings. The van der Waals surface area contributed by atoms with Gasteiger partial charge in [-0.25, -0.2) is 0 Å². The number of halogens is 1. The molecule has 2 aromatic carbocycles. The second-order valence-electron chi connectivity index (χ2n) is 6.46. The molecule has 1 aromatic heterocycles. The maximum Gasteiger partial charge on any atom is 0.227 e. The lowest BCUT2D eigenvalue weighted by molar-refractivity contribution is -0.118.